The second-order valence-corrected chi connectivity index (χ2v) is 4.90. The minimum atomic E-state index is -1.06. The van der Waals surface area contributed by atoms with Crippen molar-refractivity contribution in [3.05, 3.63) is 35.4 Å². The normalized spacial score (nSPS) is 20.6. The van der Waals surface area contributed by atoms with Crippen molar-refractivity contribution >= 4 is 5.91 Å². The number of hydrogen-bond acceptors (Lipinski definition) is 2. The molecule has 1 atom stereocenters. The zero-order chi connectivity index (χ0) is 14.0. The summed E-state index contributed by atoms with van der Waals surface area (Å²) in [6, 6.07) is 3.98. The number of piperazine rings is 1. The van der Waals surface area contributed by atoms with Crippen LogP contribution in [-0.4, -0.2) is 48.4 Å². The lowest BCUT2D eigenvalue weighted by molar-refractivity contribution is 0.0536. The predicted octanol–water partition coefficient (Wildman–Crippen LogP) is 2.13. The molecule has 104 valence electrons. The van der Waals surface area contributed by atoms with Gasteiger partial charge >= 0.3 is 0 Å². The molecule has 1 saturated heterocycles. The maximum Gasteiger partial charge on any atom is 0.257 e. The highest BCUT2D eigenvalue weighted by Crippen LogP contribution is 2.17. The topological polar surface area (TPSA) is 23.6 Å². The molecule has 1 aliphatic heterocycles. The second-order valence-electron chi connectivity index (χ2n) is 4.90. The predicted molar refractivity (Wildman–Crippen MR) is 69.0 cm³/mol. The number of carbonyl (C=O) groups is 1. The molecule has 19 heavy (non-hydrogen) atoms. The van der Waals surface area contributed by atoms with Crippen molar-refractivity contribution in [3.8, 4) is 0 Å². The second kappa shape index (κ2) is 5.65. The van der Waals surface area contributed by atoms with Crippen molar-refractivity contribution in [2.45, 2.75) is 19.4 Å². The van der Waals surface area contributed by atoms with Crippen LogP contribution in [0.15, 0.2) is 18.2 Å². The molecule has 0 radical (unpaired) electrons. The summed E-state index contributed by atoms with van der Waals surface area (Å²) >= 11 is 0. The Labute approximate surface area is 111 Å². The van der Waals surface area contributed by atoms with Crippen molar-refractivity contribution in [1.82, 2.24) is 9.80 Å². The smallest absolute Gasteiger partial charge is 0.257 e. The Morgan fingerprint density at radius 1 is 1.37 bits per heavy atom. The summed E-state index contributed by atoms with van der Waals surface area (Å²) in [5.74, 6) is -2.46. The lowest BCUT2D eigenvalue weighted by atomic mass is 10.1. The number of amides is 1. The summed E-state index contributed by atoms with van der Waals surface area (Å²) in [5.41, 5.74) is -0.181. The molecule has 3 nitrogen and oxygen atoms in total. The Hall–Kier alpha value is -1.49. The Morgan fingerprint density at radius 3 is 2.79 bits per heavy atom. The molecule has 1 amide bonds. The number of rotatable bonds is 2. The first-order valence-electron chi connectivity index (χ1n) is 6.48. The van der Waals surface area contributed by atoms with E-state index in [9.17, 15) is 13.6 Å². The van der Waals surface area contributed by atoms with E-state index in [1.54, 1.807) is 4.90 Å². The van der Waals surface area contributed by atoms with Gasteiger partial charge in [0.1, 0.15) is 0 Å². The van der Waals surface area contributed by atoms with Gasteiger partial charge in [0.25, 0.3) is 5.91 Å². The highest BCUT2D eigenvalue weighted by molar-refractivity contribution is 5.94. The van der Waals surface area contributed by atoms with E-state index in [0.29, 0.717) is 13.1 Å². The van der Waals surface area contributed by atoms with Gasteiger partial charge in [0, 0.05) is 25.7 Å². The van der Waals surface area contributed by atoms with Gasteiger partial charge in [-0.3, -0.25) is 9.69 Å². The molecule has 0 aromatic heterocycles. The van der Waals surface area contributed by atoms with Crippen molar-refractivity contribution < 1.29 is 13.6 Å². The Morgan fingerprint density at radius 2 is 2.11 bits per heavy atom. The quantitative estimate of drug-likeness (QED) is 0.820. The molecule has 0 N–H and O–H groups in total. The van der Waals surface area contributed by atoms with Gasteiger partial charge in [-0.1, -0.05) is 13.0 Å². The average Bonchev–Trinajstić information content (AvgIpc) is 2.41. The van der Waals surface area contributed by atoms with Crippen molar-refractivity contribution in [2.24, 2.45) is 0 Å². The average molecular weight is 268 g/mol. The van der Waals surface area contributed by atoms with E-state index in [-0.39, 0.29) is 11.6 Å². The molecule has 1 heterocycles. The van der Waals surface area contributed by atoms with Gasteiger partial charge in [-0.05, 0) is 25.6 Å². The maximum absolute atomic E-state index is 13.6. The summed E-state index contributed by atoms with van der Waals surface area (Å²) in [7, 11) is 2.01. The SMILES string of the molecule is CCC1CN(C(=O)c2cccc(F)c2F)CCN1C. The van der Waals surface area contributed by atoms with E-state index in [2.05, 4.69) is 11.8 Å². The van der Waals surface area contributed by atoms with Crippen LogP contribution in [0.4, 0.5) is 8.78 Å². The van der Waals surface area contributed by atoms with E-state index in [0.717, 1.165) is 19.0 Å². The highest BCUT2D eigenvalue weighted by atomic mass is 19.2. The molecule has 5 heteroatoms. The first-order valence-corrected chi connectivity index (χ1v) is 6.48. The first kappa shape index (κ1) is 13.9. The minimum absolute atomic E-state index is 0.181. The number of nitrogens with zero attached hydrogens (tertiary/aromatic N) is 2. The molecule has 2 rings (SSSR count). The third kappa shape index (κ3) is 2.76. The summed E-state index contributed by atoms with van der Waals surface area (Å²) in [6.07, 6.45) is 0.923. The zero-order valence-electron chi connectivity index (χ0n) is 11.2. The first-order chi connectivity index (χ1) is 9.04. The lowest BCUT2D eigenvalue weighted by Crippen LogP contribution is -2.53. The number of likely N-dealkylation sites (N-methyl/N-ethyl adjacent to an activating group) is 1. The fraction of sp³-hybridized carbons (Fsp3) is 0.500. The Bertz CT molecular complexity index is 479. The highest BCUT2D eigenvalue weighted by Gasteiger charge is 2.28. The van der Waals surface area contributed by atoms with Crippen LogP contribution in [0.1, 0.15) is 23.7 Å². The van der Waals surface area contributed by atoms with Gasteiger partial charge in [0.2, 0.25) is 0 Å². The molecule has 1 aromatic carbocycles. The van der Waals surface area contributed by atoms with Crippen LogP contribution in [0.2, 0.25) is 0 Å². The van der Waals surface area contributed by atoms with Gasteiger partial charge in [-0.25, -0.2) is 8.78 Å². The number of benzene rings is 1. The number of hydrogen-bond donors (Lipinski definition) is 0. The Balaban J connectivity index is 2.18. The summed E-state index contributed by atoms with van der Waals surface area (Å²) in [4.78, 5) is 16.0. The van der Waals surface area contributed by atoms with Crippen LogP contribution < -0.4 is 0 Å². The van der Waals surface area contributed by atoms with Crippen LogP contribution in [0.3, 0.4) is 0 Å². The van der Waals surface area contributed by atoms with Gasteiger partial charge in [-0.15, -0.1) is 0 Å². The van der Waals surface area contributed by atoms with Crippen molar-refractivity contribution in [1.29, 1.82) is 0 Å². The number of carbonyl (C=O) groups excluding carboxylic acids is 1. The fourth-order valence-electron chi connectivity index (χ4n) is 2.41. The fourth-order valence-corrected chi connectivity index (χ4v) is 2.41. The van der Waals surface area contributed by atoms with Crippen LogP contribution in [0.25, 0.3) is 0 Å². The maximum atomic E-state index is 13.6. The van der Waals surface area contributed by atoms with Crippen LogP contribution in [-0.2, 0) is 0 Å². The third-order valence-corrected chi connectivity index (χ3v) is 3.72. The molecular weight excluding hydrogens is 250 g/mol. The molecular formula is C14H18F2N2O. The van der Waals surface area contributed by atoms with Crippen LogP contribution in [0, 0.1) is 11.6 Å². The standard InChI is InChI=1S/C14H18F2N2O/c1-3-10-9-18(8-7-17(10)2)14(19)11-5-4-6-12(15)13(11)16/h4-6,10H,3,7-9H2,1-2H3. The molecule has 1 aromatic rings. The van der Waals surface area contributed by atoms with E-state index in [1.165, 1.54) is 12.1 Å². The number of halogens is 2. The van der Waals surface area contributed by atoms with Gasteiger partial charge < -0.3 is 4.90 Å². The third-order valence-electron chi connectivity index (χ3n) is 3.72. The zero-order valence-corrected chi connectivity index (χ0v) is 11.2. The Kier molecular flexibility index (Phi) is 4.14. The van der Waals surface area contributed by atoms with Crippen LogP contribution in [0.5, 0.6) is 0 Å². The van der Waals surface area contributed by atoms with Crippen molar-refractivity contribution in [3.63, 3.8) is 0 Å². The molecule has 0 bridgehead atoms. The molecule has 0 saturated carbocycles. The molecule has 0 spiro atoms. The molecule has 1 unspecified atom stereocenters. The van der Waals surface area contributed by atoms with Crippen LogP contribution >= 0.6 is 0 Å². The summed E-state index contributed by atoms with van der Waals surface area (Å²) < 4.78 is 26.8. The molecule has 0 aliphatic carbocycles. The summed E-state index contributed by atoms with van der Waals surface area (Å²) in [5, 5.41) is 0. The van der Waals surface area contributed by atoms with E-state index >= 15 is 0 Å². The van der Waals surface area contributed by atoms with Crippen molar-refractivity contribution in [2.75, 3.05) is 26.7 Å². The molecule has 1 fully saturated rings. The van der Waals surface area contributed by atoms with E-state index < -0.39 is 17.5 Å². The van der Waals surface area contributed by atoms with E-state index in [4.69, 9.17) is 0 Å². The lowest BCUT2D eigenvalue weighted by Gasteiger charge is -2.39. The van der Waals surface area contributed by atoms with Gasteiger partial charge in [-0.2, -0.15) is 0 Å². The molecule has 1 aliphatic rings. The monoisotopic (exact) mass is 268 g/mol. The van der Waals surface area contributed by atoms with Gasteiger partial charge in [0.15, 0.2) is 11.6 Å². The largest absolute Gasteiger partial charge is 0.336 e. The van der Waals surface area contributed by atoms with Gasteiger partial charge in [0.05, 0.1) is 5.56 Å². The van der Waals surface area contributed by atoms with E-state index in [1.807, 2.05) is 7.05 Å². The minimum Gasteiger partial charge on any atom is -0.336 e. The summed E-state index contributed by atoms with van der Waals surface area (Å²) in [6.45, 7) is 3.91.